The molecule has 4 atom stereocenters. The SMILES string of the molecule is CC(NC(=O)C(N)CCCN=C(N)N)C(=O)NC(CC(N)=O)C(=O)NC(Cc1c[nH]c2ccccc12)C(=O)O. The van der Waals surface area contributed by atoms with Gasteiger partial charge in [0.15, 0.2) is 5.96 Å². The van der Waals surface area contributed by atoms with Crippen LogP contribution in [-0.2, 0) is 30.4 Å². The van der Waals surface area contributed by atoms with E-state index < -0.39 is 60.2 Å². The fourth-order valence-electron chi connectivity index (χ4n) is 3.74. The van der Waals surface area contributed by atoms with Crippen LogP contribution in [0.5, 0.6) is 0 Å². The fourth-order valence-corrected chi connectivity index (χ4v) is 3.74. The number of carbonyl (C=O) groups excluding carboxylic acids is 4. The molecule has 15 nitrogen and oxygen atoms in total. The third-order valence-corrected chi connectivity index (χ3v) is 5.81. The molecule has 1 aromatic heterocycles. The summed E-state index contributed by atoms with van der Waals surface area (Å²) in [5.41, 5.74) is 23.0. The molecule has 0 saturated heterocycles. The van der Waals surface area contributed by atoms with E-state index in [1.54, 1.807) is 12.3 Å². The Labute approximate surface area is 224 Å². The number of carboxylic acids is 1. The Hall–Kier alpha value is -4.66. The molecule has 1 heterocycles. The van der Waals surface area contributed by atoms with Gasteiger partial charge in [-0.1, -0.05) is 18.2 Å². The number of H-pyrrole nitrogens is 1. The minimum Gasteiger partial charge on any atom is -0.480 e. The molecule has 0 saturated carbocycles. The van der Waals surface area contributed by atoms with E-state index in [1.807, 2.05) is 18.2 Å². The molecule has 4 amide bonds. The molecule has 0 bridgehead atoms. The molecule has 4 unspecified atom stereocenters. The largest absolute Gasteiger partial charge is 0.480 e. The summed E-state index contributed by atoms with van der Waals surface area (Å²) >= 11 is 0. The summed E-state index contributed by atoms with van der Waals surface area (Å²) in [6.07, 6.45) is 1.66. The highest BCUT2D eigenvalue weighted by Gasteiger charge is 2.30. The number of hydrogen-bond donors (Lipinski definition) is 9. The topological polar surface area (TPSA) is 274 Å². The first-order valence-corrected chi connectivity index (χ1v) is 12.2. The van der Waals surface area contributed by atoms with Crippen molar-refractivity contribution in [2.75, 3.05) is 6.54 Å². The van der Waals surface area contributed by atoms with Gasteiger partial charge in [-0.15, -0.1) is 0 Å². The number of nitrogens with two attached hydrogens (primary N) is 4. The quantitative estimate of drug-likeness (QED) is 0.0650. The molecule has 2 aromatic rings. The number of aliphatic carboxylic acids is 1. The van der Waals surface area contributed by atoms with Crippen molar-refractivity contribution in [2.45, 2.75) is 56.8 Å². The summed E-state index contributed by atoms with van der Waals surface area (Å²) < 4.78 is 0. The summed E-state index contributed by atoms with van der Waals surface area (Å²) in [5, 5.41) is 17.6. The standard InChI is InChI=1S/C24H35N9O6/c1-12(31-21(36)15(25)6-4-8-29-24(27)28)20(35)32-17(10-19(26)34)22(37)33-18(23(38)39)9-13-11-30-16-7-3-2-5-14(13)16/h2-3,5,7,11-12,15,17-18,30H,4,6,8-10,25H2,1H3,(H2,26,34)(H,31,36)(H,32,35)(H,33,37)(H,38,39)(H4,27,28,29). The van der Waals surface area contributed by atoms with Crippen molar-refractivity contribution >= 4 is 46.5 Å². The van der Waals surface area contributed by atoms with Crippen LogP contribution >= 0.6 is 0 Å². The normalized spacial score (nSPS) is 13.9. The number of carboxylic acid groups (broad SMARTS) is 1. The molecule has 13 N–H and O–H groups in total. The van der Waals surface area contributed by atoms with Crippen LogP contribution < -0.4 is 38.9 Å². The van der Waals surface area contributed by atoms with E-state index in [0.29, 0.717) is 12.0 Å². The van der Waals surface area contributed by atoms with E-state index >= 15 is 0 Å². The average Bonchev–Trinajstić information content (AvgIpc) is 3.27. The molecule has 212 valence electrons. The minimum absolute atomic E-state index is 0.0597. The molecule has 0 spiro atoms. The number of amides is 4. The van der Waals surface area contributed by atoms with Gasteiger partial charge in [0.1, 0.15) is 18.1 Å². The number of fused-ring (bicyclic) bond motifs is 1. The number of primary amides is 1. The predicted octanol–water partition coefficient (Wildman–Crippen LogP) is -2.47. The smallest absolute Gasteiger partial charge is 0.326 e. The van der Waals surface area contributed by atoms with Crippen LogP contribution in [-0.4, -0.2) is 76.4 Å². The van der Waals surface area contributed by atoms with Crippen LogP contribution in [0.25, 0.3) is 10.9 Å². The fraction of sp³-hybridized carbons (Fsp3) is 0.417. The van der Waals surface area contributed by atoms with Crippen molar-refractivity contribution in [2.24, 2.45) is 27.9 Å². The molecular formula is C24H35N9O6. The van der Waals surface area contributed by atoms with Crippen molar-refractivity contribution in [3.63, 3.8) is 0 Å². The number of aromatic nitrogens is 1. The van der Waals surface area contributed by atoms with Gasteiger partial charge in [-0.25, -0.2) is 4.79 Å². The number of aliphatic imine (C=N–C) groups is 1. The van der Waals surface area contributed by atoms with Gasteiger partial charge in [0.2, 0.25) is 23.6 Å². The molecule has 0 radical (unpaired) electrons. The van der Waals surface area contributed by atoms with E-state index in [4.69, 9.17) is 22.9 Å². The summed E-state index contributed by atoms with van der Waals surface area (Å²) in [6.45, 7) is 1.64. The van der Waals surface area contributed by atoms with E-state index in [9.17, 15) is 29.1 Å². The molecule has 0 fully saturated rings. The summed E-state index contributed by atoms with van der Waals surface area (Å²) in [5.74, 6) is -4.65. The maximum Gasteiger partial charge on any atom is 0.326 e. The maximum atomic E-state index is 12.9. The third-order valence-electron chi connectivity index (χ3n) is 5.81. The van der Waals surface area contributed by atoms with Crippen LogP contribution in [0.15, 0.2) is 35.5 Å². The van der Waals surface area contributed by atoms with Gasteiger partial charge in [0.25, 0.3) is 0 Å². The number of guanidine groups is 1. The van der Waals surface area contributed by atoms with Crippen LogP contribution in [0.1, 0.15) is 31.7 Å². The number of benzene rings is 1. The zero-order valence-electron chi connectivity index (χ0n) is 21.5. The lowest BCUT2D eigenvalue weighted by Gasteiger charge is -2.23. The Balaban J connectivity index is 2.01. The zero-order valence-corrected chi connectivity index (χ0v) is 21.5. The first-order valence-electron chi connectivity index (χ1n) is 12.2. The van der Waals surface area contributed by atoms with Gasteiger partial charge in [-0.2, -0.15) is 0 Å². The van der Waals surface area contributed by atoms with Crippen molar-refractivity contribution < 1.29 is 29.1 Å². The van der Waals surface area contributed by atoms with Gasteiger partial charge in [-0.3, -0.25) is 24.2 Å². The minimum atomic E-state index is -1.48. The Kier molecular flexibility index (Phi) is 11.2. The lowest BCUT2D eigenvalue weighted by molar-refractivity contribution is -0.142. The van der Waals surface area contributed by atoms with Gasteiger partial charge < -0.3 is 49.0 Å². The second-order valence-corrected chi connectivity index (χ2v) is 8.98. The van der Waals surface area contributed by atoms with E-state index in [1.165, 1.54) is 6.92 Å². The van der Waals surface area contributed by atoms with Gasteiger partial charge in [-0.05, 0) is 31.4 Å². The molecular weight excluding hydrogens is 510 g/mol. The number of aromatic amines is 1. The number of carbonyl (C=O) groups is 5. The summed E-state index contributed by atoms with van der Waals surface area (Å²) in [6, 6.07) is 2.33. The second kappa shape index (κ2) is 14.3. The van der Waals surface area contributed by atoms with Gasteiger partial charge in [0, 0.05) is 30.1 Å². The lowest BCUT2D eigenvalue weighted by Crippen LogP contribution is -2.57. The molecule has 1 aromatic carbocycles. The van der Waals surface area contributed by atoms with Crippen molar-refractivity contribution in [1.82, 2.24) is 20.9 Å². The van der Waals surface area contributed by atoms with E-state index in [-0.39, 0.29) is 25.3 Å². The van der Waals surface area contributed by atoms with Crippen LogP contribution in [0, 0.1) is 0 Å². The molecule has 0 aliphatic heterocycles. The highest BCUT2D eigenvalue weighted by molar-refractivity contribution is 5.96. The summed E-state index contributed by atoms with van der Waals surface area (Å²) in [7, 11) is 0. The molecule has 0 aliphatic rings. The van der Waals surface area contributed by atoms with E-state index in [0.717, 1.165) is 10.9 Å². The Morgan fingerprint density at radius 2 is 1.64 bits per heavy atom. The average molecular weight is 546 g/mol. The zero-order chi connectivity index (χ0) is 29.1. The molecule has 0 aliphatic carbocycles. The first-order chi connectivity index (χ1) is 18.4. The molecule has 2 rings (SSSR count). The van der Waals surface area contributed by atoms with Crippen LogP contribution in [0.4, 0.5) is 0 Å². The van der Waals surface area contributed by atoms with E-state index in [2.05, 4.69) is 25.9 Å². The number of para-hydroxylation sites is 1. The van der Waals surface area contributed by atoms with Crippen molar-refractivity contribution in [1.29, 1.82) is 0 Å². The predicted molar refractivity (Wildman–Crippen MR) is 143 cm³/mol. The monoisotopic (exact) mass is 545 g/mol. The first kappa shape index (κ1) is 30.6. The third kappa shape index (κ3) is 9.62. The lowest BCUT2D eigenvalue weighted by atomic mass is 10.0. The summed E-state index contributed by atoms with van der Waals surface area (Å²) in [4.78, 5) is 68.3. The van der Waals surface area contributed by atoms with Gasteiger partial charge >= 0.3 is 5.97 Å². The number of nitrogens with zero attached hydrogens (tertiary/aromatic N) is 1. The highest BCUT2D eigenvalue weighted by atomic mass is 16.4. The van der Waals surface area contributed by atoms with Crippen LogP contribution in [0.3, 0.4) is 0 Å². The Morgan fingerprint density at radius 1 is 0.974 bits per heavy atom. The highest BCUT2D eigenvalue weighted by Crippen LogP contribution is 2.19. The second-order valence-electron chi connectivity index (χ2n) is 8.98. The Bertz CT molecular complexity index is 1220. The molecule has 39 heavy (non-hydrogen) atoms. The number of hydrogen-bond acceptors (Lipinski definition) is 7. The van der Waals surface area contributed by atoms with Crippen LogP contribution in [0.2, 0.25) is 0 Å². The van der Waals surface area contributed by atoms with Crippen molar-refractivity contribution in [3.05, 3.63) is 36.0 Å². The number of nitrogens with one attached hydrogen (secondary N) is 4. The molecule has 15 heteroatoms. The number of rotatable bonds is 15. The maximum absolute atomic E-state index is 12.9. The Morgan fingerprint density at radius 3 is 2.28 bits per heavy atom. The van der Waals surface area contributed by atoms with Crippen molar-refractivity contribution in [3.8, 4) is 0 Å². The van der Waals surface area contributed by atoms with Gasteiger partial charge in [0.05, 0.1) is 12.5 Å².